The van der Waals surface area contributed by atoms with Gasteiger partial charge in [0.25, 0.3) is 0 Å². The van der Waals surface area contributed by atoms with Gasteiger partial charge in [0, 0.05) is 43.7 Å². The molecule has 0 aliphatic carbocycles. The summed E-state index contributed by atoms with van der Waals surface area (Å²) in [6.07, 6.45) is 1.80. The fourth-order valence-corrected chi connectivity index (χ4v) is 2.91. The average molecular weight is 235 g/mol. The minimum absolute atomic E-state index is 0.121. The van der Waals surface area contributed by atoms with E-state index in [1.807, 2.05) is 0 Å². The summed E-state index contributed by atoms with van der Waals surface area (Å²) >= 11 is 0. The largest absolute Gasteiger partial charge is 0.364 e. The molecule has 2 aliphatic rings. The maximum Gasteiger partial charge on any atom is 0.127 e. The second kappa shape index (κ2) is 3.56. The number of nitrogens with one attached hydrogen (secondary N) is 1. The van der Waals surface area contributed by atoms with E-state index in [-0.39, 0.29) is 5.41 Å². The van der Waals surface area contributed by atoms with Crippen molar-refractivity contribution in [3.8, 4) is 0 Å². The topological polar surface area (TPSA) is 41.3 Å². The van der Waals surface area contributed by atoms with Gasteiger partial charge >= 0.3 is 0 Å². The zero-order valence-corrected chi connectivity index (χ0v) is 10.9. The molecule has 1 aromatic rings. The van der Waals surface area contributed by atoms with E-state index >= 15 is 0 Å². The molecular weight excluding hydrogens is 214 g/mol. The van der Waals surface area contributed by atoms with Gasteiger partial charge in [-0.15, -0.1) is 0 Å². The van der Waals surface area contributed by atoms with Gasteiger partial charge in [-0.2, -0.15) is 0 Å². The van der Waals surface area contributed by atoms with E-state index in [4.69, 9.17) is 4.52 Å². The van der Waals surface area contributed by atoms with Crippen LogP contribution in [0.4, 0.5) is 0 Å². The molecule has 4 nitrogen and oxygen atoms in total. The van der Waals surface area contributed by atoms with Crippen molar-refractivity contribution in [2.75, 3.05) is 26.2 Å². The molecule has 0 unspecified atom stereocenters. The lowest BCUT2D eigenvalue weighted by atomic mass is 9.74. The van der Waals surface area contributed by atoms with Crippen LogP contribution in [0.5, 0.6) is 0 Å². The van der Waals surface area contributed by atoms with E-state index in [0.29, 0.717) is 5.41 Å². The van der Waals surface area contributed by atoms with Gasteiger partial charge in [0.15, 0.2) is 0 Å². The molecule has 2 aliphatic heterocycles. The van der Waals surface area contributed by atoms with Crippen LogP contribution in [0.15, 0.2) is 10.8 Å². The van der Waals surface area contributed by atoms with Crippen molar-refractivity contribution in [3.05, 3.63) is 17.5 Å². The van der Waals surface area contributed by atoms with Gasteiger partial charge in [-0.25, -0.2) is 0 Å². The lowest BCUT2D eigenvalue weighted by Crippen LogP contribution is -2.70. The molecule has 2 fully saturated rings. The minimum atomic E-state index is 0.121. The summed E-state index contributed by atoms with van der Waals surface area (Å²) in [5.41, 5.74) is 3.06. The van der Waals surface area contributed by atoms with E-state index in [9.17, 15) is 0 Å². The molecule has 0 radical (unpaired) electrons. The van der Waals surface area contributed by atoms with E-state index < -0.39 is 0 Å². The molecular formula is C13H21N3O. The molecule has 1 spiro atoms. The average Bonchev–Trinajstić information content (AvgIpc) is 2.53. The Labute approximate surface area is 102 Å². The fraction of sp³-hybridized carbons (Fsp3) is 0.769. The van der Waals surface area contributed by atoms with Gasteiger partial charge in [-0.05, 0) is 5.41 Å². The molecule has 2 saturated heterocycles. The first-order valence-corrected chi connectivity index (χ1v) is 6.35. The molecule has 1 aromatic heterocycles. The molecule has 17 heavy (non-hydrogen) atoms. The molecule has 0 atom stereocenters. The predicted octanol–water partition coefficient (Wildman–Crippen LogP) is 1.38. The van der Waals surface area contributed by atoms with Gasteiger partial charge < -0.3 is 9.84 Å². The zero-order valence-electron chi connectivity index (χ0n) is 10.9. The number of likely N-dealkylation sites (tertiary alicyclic amines) is 1. The van der Waals surface area contributed by atoms with Crippen molar-refractivity contribution >= 4 is 0 Å². The van der Waals surface area contributed by atoms with Crippen molar-refractivity contribution in [3.63, 3.8) is 0 Å². The molecule has 3 rings (SSSR count). The monoisotopic (exact) mass is 235 g/mol. The second-order valence-corrected chi connectivity index (χ2v) is 6.67. The Kier molecular flexibility index (Phi) is 2.35. The van der Waals surface area contributed by atoms with Crippen molar-refractivity contribution in [1.82, 2.24) is 15.4 Å². The maximum absolute atomic E-state index is 5.14. The van der Waals surface area contributed by atoms with Gasteiger partial charge in [0.1, 0.15) is 12.0 Å². The molecule has 0 bridgehead atoms. The smallest absolute Gasteiger partial charge is 0.127 e. The third-order valence-electron chi connectivity index (χ3n) is 3.94. The van der Waals surface area contributed by atoms with Crippen molar-refractivity contribution in [2.45, 2.75) is 32.7 Å². The number of hydrogen-bond acceptors (Lipinski definition) is 4. The van der Waals surface area contributed by atoms with Gasteiger partial charge in [0.05, 0.1) is 0 Å². The minimum Gasteiger partial charge on any atom is -0.364 e. The summed E-state index contributed by atoms with van der Waals surface area (Å²) in [5.74, 6) is 0. The van der Waals surface area contributed by atoms with Crippen LogP contribution in [0.25, 0.3) is 0 Å². The Morgan fingerprint density at radius 2 is 2.12 bits per heavy atom. The first-order chi connectivity index (χ1) is 7.99. The molecule has 0 amide bonds. The summed E-state index contributed by atoms with van der Waals surface area (Å²) < 4.78 is 5.14. The predicted molar refractivity (Wildman–Crippen MR) is 65.8 cm³/mol. The van der Waals surface area contributed by atoms with Crippen LogP contribution >= 0.6 is 0 Å². The third-order valence-corrected chi connectivity index (χ3v) is 3.94. The Morgan fingerprint density at radius 1 is 1.41 bits per heavy atom. The second-order valence-electron chi connectivity index (χ2n) is 6.67. The highest BCUT2D eigenvalue weighted by molar-refractivity contribution is 5.23. The number of aromatic nitrogens is 1. The van der Waals surface area contributed by atoms with Crippen LogP contribution in [0.1, 0.15) is 32.0 Å². The Bertz CT molecular complexity index is 407. The molecule has 94 valence electrons. The van der Waals surface area contributed by atoms with Crippen molar-refractivity contribution < 1.29 is 4.52 Å². The van der Waals surface area contributed by atoms with Crippen LogP contribution in [0, 0.1) is 5.41 Å². The first-order valence-electron chi connectivity index (χ1n) is 6.35. The van der Waals surface area contributed by atoms with E-state index in [0.717, 1.165) is 12.2 Å². The number of hydrogen-bond donors (Lipinski definition) is 1. The summed E-state index contributed by atoms with van der Waals surface area (Å²) in [7, 11) is 0. The van der Waals surface area contributed by atoms with Crippen LogP contribution in [0.2, 0.25) is 0 Å². The third kappa shape index (κ3) is 1.89. The van der Waals surface area contributed by atoms with Crippen molar-refractivity contribution in [1.29, 1.82) is 0 Å². The normalized spacial score (nSPS) is 23.5. The first kappa shape index (κ1) is 11.2. The molecule has 0 saturated carbocycles. The summed E-state index contributed by atoms with van der Waals surface area (Å²) in [5, 5.41) is 7.52. The van der Waals surface area contributed by atoms with Crippen molar-refractivity contribution in [2.24, 2.45) is 5.41 Å². The van der Waals surface area contributed by atoms with Crippen LogP contribution < -0.4 is 5.32 Å². The quantitative estimate of drug-likeness (QED) is 0.841. The molecule has 4 heteroatoms. The van der Waals surface area contributed by atoms with Gasteiger partial charge in [0.2, 0.25) is 0 Å². The van der Waals surface area contributed by atoms with Gasteiger partial charge in [-0.1, -0.05) is 25.9 Å². The van der Waals surface area contributed by atoms with E-state index in [1.165, 1.54) is 31.7 Å². The van der Waals surface area contributed by atoms with Gasteiger partial charge in [-0.3, -0.25) is 4.90 Å². The Balaban J connectivity index is 1.64. The Hall–Kier alpha value is -0.870. The Morgan fingerprint density at radius 3 is 2.65 bits per heavy atom. The summed E-state index contributed by atoms with van der Waals surface area (Å²) in [6.45, 7) is 12.3. The summed E-state index contributed by atoms with van der Waals surface area (Å²) in [4.78, 5) is 2.47. The van der Waals surface area contributed by atoms with Crippen LogP contribution in [0.3, 0.4) is 0 Å². The molecule has 3 heterocycles. The highest BCUT2D eigenvalue weighted by Gasteiger charge is 2.47. The highest BCUT2D eigenvalue weighted by atomic mass is 16.5. The van der Waals surface area contributed by atoms with E-state index in [1.54, 1.807) is 6.26 Å². The fourth-order valence-electron chi connectivity index (χ4n) is 2.91. The van der Waals surface area contributed by atoms with Crippen LogP contribution in [-0.4, -0.2) is 36.2 Å². The highest BCUT2D eigenvalue weighted by Crippen LogP contribution is 2.36. The number of nitrogens with zero attached hydrogens (tertiary/aromatic N) is 2. The SMILES string of the molecule is CC(C)(C)c1conc1CN1CC2(CNC2)C1. The zero-order chi connectivity index (χ0) is 12.1. The molecule has 1 N–H and O–H groups in total. The lowest BCUT2D eigenvalue weighted by molar-refractivity contribution is -0.0456. The lowest BCUT2D eigenvalue weighted by Gasteiger charge is -2.56. The summed E-state index contributed by atoms with van der Waals surface area (Å²) in [6, 6.07) is 0. The standard InChI is InChI=1S/C13H21N3O/c1-12(2,3)10-5-17-15-11(10)4-16-8-13(9-16)6-14-7-13/h5,14H,4,6-9H2,1-3H3. The molecule has 0 aromatic carbocycles. The van der Waals surface area contributed by atoms with Crippen LogP contribution in [-0.2, 0) is 12.0 Å². The van der Waals surface area contributed by atoms with E-state index in [2.05, 4.69) is 36.1 Å². The number of rotatable bonds is 2. The maximum atomic E-state index is 5.14.